The number of nitrogens with zero attached hydrogens (tertiary/aromatic N) is 4. The van der Waals surface area contributed by atoms with Gasteiger partial charge in [-0.05, 0) is 127 Å². The van der Waals surface area contributed by atoms with Crippen molar-refractivity contribution in [2.75, 3.05) is 37.6 Å². The highest BCUT2D eigenvalue weighted by atomic mass is 16.3. The molecule has 308 valence electrons. The van der Waals surface area contributed by atoms with Gasteiger partial charge in [0.25, 0.3) is 11.8 Å². The molecule has 11 heteroatoms. The number of phenolic OH excluding ortho intramolecular Hbond substituents is 1. The Bertz CT molecular complexity index is 2320. The van der Waals surface area contributed by atoms with Crippen LogP contribution in [-0.2, 0) is 33.9 Å². The van der Waals surface area contributed by atoms with Crippen molar-refractivity contribution in [1.82, 2.24) is 20.0 Å². The van der Waals surface area contributed by atoms with E-state index in [-0.39, 0.29) is 41.7 Å². The molecule has 4 heterocycles. The molecule has 0 aromatic heterocycles. The molecular formula is C49H51N5O6. The zero-order valence-corrected chi connectivity index (χ0v) is 33.9. The Morgan fingerprint density at radius 1 is 0.683 bits per heavy atom. The number of carbonyl (C=O) groups is 5. The third kappa shape index (κ3) is 7.06. The van der Waals surface area contributed by atoms with Gasteiger partial charge in [0.2, 0.25) is 17.7 Å². The van der Waals surface area contributed by atoms with E-state index in [9.17, 15) is 29.1 Å². The minimum Gasteiger partial charge on any atom is -0.508 e. The van der Waals surface area contributed by atoms with Crippen LogP contribution < -0.4 is 10.2 Å². The molecular weight excluding hydrogens is 755 g/mol. The van der Waals surface area contributed by atoms with Crippen molar-refractivity contribution in [1.29, 1.82) is 0 Å². The van der Waals surface area contributed by atoms with Crippen molar-refractivity contribution in [3.8, 4) is 5.75 Å². The molecule has 1 saturated carbocycles. The summed E-state index contributed by atoms with van der Waals surface area (Å²) in [5.74, 6) is -0.412. The standard InChI is InChI=1S/C49H51N5O6/c55-38-15-17-40-34(24-38)12-16-39(31-4-2-1-3-5-31)45(40)32-10-13-37(14-11-32)52-22-20-51(21-23-52)27-30-6-8-33(9-7-30)47(58)53-28-35-25-41-42(26-36(35)29-53)49(60)54(48(41)59)43-18-19-44(56)50-46(43)57/h1-5,10-11,13-15,17,24-26,30,33,39,43,45,55H,6-9,12,16,18-23,27-29H2,(H,50,56,57)/t30?,33?,39-,43?,45+/m1/s1. The van der Waals surface area contributed by atoms with E-state index >= 15 is 0 Å². The maximum absolute atomic E-state index is 13.8. The third-order valence-electron chi connectivity index (χ3n) is 14.3. The number of fused-ring (bicyclic) bond motifs is 3. The number of amides is 5. The predicted molar refractivity (Wildman–Crippen MR) is 225 cm³/mol. The highest BCUT2D eigenvalue weighted by Gasteiger charge is 2.46. The Morgan fingerprint density at radius 3 is 2.03 bits per heavy atom. The van der Waals surface area contributed by atoms with E-state index in [1.54, 1.807) is 12.1 Å². The maximum Gasteiger partial charge on any atom is 0.262 e. The van der Waals surface area contributed by atoms with Crippen LogP contribution in [-0.4, -0.2) is 88.1 Å². The highest BCUT2D eigenvalue weighted by Crippen LogP contribution is 2.47. The number of aromatic hydroxyl groups is 1. The number of nitrogens with one attached hydrogen (secondary N) is 1. The third-order valence-corrected chi connectivity index (χ3v) is 14.3. The number of piperazine rings is 1. The lowest BCUT2D eigenvalue weighted by atomic mass is 9.69. The van der Waals surface area contributed by atoms with Gasteiger partial charge in [-0.2, -0.15) is 0 Å². The number of rotatable bonds is 7. The summed E-state index contributed by atoms with van der Waals surface area (Å²) in [6.45, 7) is 5.87. The van der Waals surface area contributed by atoms with Gasteiger partial charge in [-0.25, -0.2) is 0 Å². The molecule has 60 heavy (non-hydrogen) atoms. The predicted octanol–water partition coefficient (Wildman–Crippen LogP) is 6.13. The molecule has 2 N–H and O–H groups in total. The zero-order chi connectivity index (χ0) is 41.1. The Hall–Kier alpha value is -5.81. The monoisotopic (exact) mass is 805 g/mol. The van der Waals surface area contributed by atoms with Crippen LogP contribution in [0.15, 0.2) is 84.9 Å². The number of hydrogen-bond acceptors (Lipinski definition) is 8. The zero-order valence-electron chi connectivity index (χ0n) is 33.9. The number of imide groups is 2. The van der Waals surface area contributed by atoms with E-state index in [4.69, 9.17) is 0 Å². The Balaban J connectivity index is 0.708. The average Bonchev–Trinajstić information content (AvgIpc) is 3.80. The molecule has 4 aliphatic heterocycles. The highest BCUT2D eigenvalue weighted by molar-refractivity contribution is 6.23. The second-order valence-corrected chi connectivity index (χ2v) is 17.8. The van der Waals surface area contributed by atoms with E-state index in [0.717, 1.165) is 87.3 Å². The molecule has 5 amide bonds. The van der Waals surface area contributed by atoms with Gasteiger partial charge in [0.1, 0.15) is 11.8 Å². The lowest BCUT2D eigenvalue weighted by Crippen LogP contribution is -2.54. The number of anilines is 1. The SMILES string of the molecule is O=C1CCC(N2C(=O)c3cc4c(cc3C2=O)CN(C(=O)C2CCC(CN3CCN(c5ccc([C@@H]6c7ccc(O)cc7CC[C@@H]6c6ccccc6)cc5)CC3)CC2)C4)C(=O)N1. The first-order valence-electron chi connectivity index (χ1n) is 21.8. The van der Waals surface area contributed by atoms with E-state index in [1.807, 2.05) is 17.0 Å². The molecule has 3 fully saturated rings. The van der Waals surface area contributed by atoms with Crippen molar-refractivity contribution in [3.05, 3.63) is 129 Å². The number of piperidine rings is 1. The van der Waals surface area contributed by atoms with Gasteiger partial charge in [0, 0.05) is 69.8 Å². The van der Waals surface area contributed by atoms with Gasteiger partial charge in [0.05, 0.1) is 11.1 Å². The molecule has 0 spiro atoms. The first-order valence-corrected chi connectivity index (χ1v) is 21.8. The molecule has 4 aromatic carbocycles. The van der Waals surface area contributed by atoms with Crippen LogP contribution in [0.25, 0.3) is 0 Å². The first-order chi connectivity index (χ1) is 29.2. The van der Waals surface area contributed by atoms with E-state index in [1.165, 1.54) is 27.9 Å². The molecule has 11 nitrogen and oxygen atoms in total. The molecule has 0 bridgehead atoms. The van der Waals surface area contributed by atoms with Crippen LogP contribution in [0.3, 0.4) is 0 Å². The molecule has 2 saturated heterocycles. The first kappa shape index (κ1) is 38.4. The van der Waals surface area contributed by atoms with Crippen molar-refractivity contribution < 1.29 is 29.1 Å². The number of benzene rings is 4. The maximum atomic E-state index is 13.8. The van der Waals surface area contributed by atoms with Crippen LogP contribution in [0.5, 0.6) is 5.75 Å². The van der Waals surface area contributed by atoms with Crippen molar-refractivity contribution in [2.45, 2.75) is 82.3 Å². The number of hydrogen-bond donors (Lipinski definition) is 2. The van der Waals surface area contributed by atoms with Crippen LogP contribution in [0.1, 0.15) is 111 Å². The smallest absolute Gasteiger partial charge is 0.262 e. The van der Waals surface area contributed by atoms with Gasteiger partial charge in [-0.1, -0.05) is 48.5 Å². The Morgan fingerprint density at radius 2 is 1.37 bits per heavy atom. The average molecular weight is 806 g/mol. The summed E-state index contributed by atoms with van der Waals surface area (Å²) < 4.78 is 0. The fourth-order valence-electron chi connectivity index (χ4n) is 11.1. The van der Waals surface area contributed by atoms with E-state index in [2.05, 4.69) is 75.8 Å². The fraction of sp³-hybridized carbons (Fsp3) is 0.408. The lowest BCUT2D eigenvalue weighted by molar-refractivity contribution is -0.138. The summed E-state index contributed by atoms with van der Waals surface area (Å²) in [6.07, 6.45) is 6.01. The normalized spacial score (nSPS) is 25.5. The second kappa shape index (κ2) is 15.7. The summed E-state index contributed by atoms with van der Waals surface area (Å²) in [5, 5.41) is 12.5. The van der Waals surface area contributed by atoms with Gasteiger partial charge in [-0.15, -0.1) is 0 Å². The summed E-state index contributed by atoms with van der Waals surface area (Å²) in [4.78, 5) is 72.5. The summed E-state index contributed by atoms with van der Waals surface area (Å²) >= 11 is 0. The Kier molecular flexibility index (Phi) is 10.0. The van der Waals surface area contributed by atoms with Crippen molar-refractivity contribution in [3.63, 3.8) is 0 Å². The molecule has 1 unspecified atom stereocenters. The van der Waals surface area contributed by atoms with Crippen LogP contribution in [0.2, 0.25) is 0 Å². The van der Waals surface area contributed by atoms with Gasteiger partial charge >= 0.3 is 0 Å². The fourth-order valence-corrected chi connectivity index (χ4v) is 11.1. The van der Waals surface area contributed by atoms with E-state index in [0.29, 0.717) is 30.7 Å². The molecule has 2 aliphatic carbocycles. The van der Waals surface area contributed by atoms with E-state index < -0.39 is 29.7 Å². The van der Waals surface area contributed by atoms with Crippen molar-refractivity contribution >= 4 is 35.2 Å². The largest absolute Gasteiger partial charge is 0.508 e. The van der Waals surface area contributed by atoms with Gasteiger partial charge in [0.15, 0.2) is 0 Å². The second-order valence-electron chi connectivity index (χ2n) is 17.8. The van der Waals surface area contributed by atoms with Gasteiger partial charge < -0.3 is 14.9 Å². The number of carbonyl (C=O) groups excluding carboxylic acids is 5. The van der Waals surface area contributed by atoms with Gasteiger partial charge in [-0.3, -0.25) is 39.1 Å². The topological polar surface area (TPSA) is 131 Å². The molecule has 10 rings (SSSR count). The summed E-state index contributed by atoms with van der Waals surface area (Å²) in [7, 11) is 0. The minimum absolute atomic E-state index is 0.0225. The van der Waals surface area contributed by atoms with Crippen LogP contribution in [0, 0.1) is 11.8 Å². The van der Waals surface area contributed by atoms with Crippen molar-refractivity contribution in [2.24, 2.45) is 11.8 Å². The summed E-state index contributed by atoms with van der Waals surface area (Å²) in [6, 6.07) is 28.4. The Labute approximate surface area is 350 Å². The molecule has 3 atom stereocenters. The molecule has 4 aromatic rings. The van der Waals surface area contributed by atoms with Crippen LogP contribution in [0.4, 0.5) is 5.69 Å². The minimum atomic E-state index is -0.995. The molecule has 0 radical (unpaired) electrons. The number of aryl methyl sites for hydroxylation is 1. The lowest BCUT2D eigenvalue weighted by Gasteiger charge is -2.39. The number of phenols is 1. The van der Waals surface area contributed by atoms with Crippen LogP contribution >= 0.6 is 0 Å². The molecule has 6 aliphatic rings. The quantitative estimate of drug-likeness (QED) is 0.214. The summed E-state index contributed by atoms with van der Waals surface area (Å²) in [5.41, 5.74) is 8.76.